The molecule has 1 aliphatic rings. The highest BCUT2D eigenvalue weighted by atomic mass is 14.9. The first-order chi connectivity index (χ1) is 7.43. The van der Waals surface area contributed by atoms with Gasteiger partial charge in [0, 0.05) is 13.1 Å². The maximum absolute atomic E-state index is 5.43. The van der Waals surface area contributed by atoms with Gasteiger partial charge in [0.2, 0.25) is 0 Å². The van der Waals surface area contributed by atoms with Crippen molar-refractivity contribution < 1.29 is 0 Å². The summed E-state index contributed by atoms with van der Waals surface area (Å²) in [5.41, 5.74) is 5.43. The van der Waals surface area contributed by atoms with Crippen molar-refractivity contribution in [3.63, 3.8) is 0 Å². The molecule has 15 heavy (non-hydrogen) atoms. The van der Waals surface area contributed by atoms with Gasteiger partial charge in [-0.15, -0.1) is 0 Å². The van der Waals surface area contributed by atoms with Crippen LogP contribution >= 0.6 is 0 Å². The Morgan fingerprint density at radius 1 is 0.933 bits per heavy atom. The van der Waals surface area contributed by atoms with Gasteiger partial charge in [0.25, 0.3) is 0 Å². The first-order valence-electron chi connectivity index (χ1n) is 6.84. The van der Waals surface area contributed by atoms with Gasteiger partial charge < -0.3 is 11.1 Å². The smallest absolute Gasteiger partial charge is 0.00745 e. The molecule has 90 valence electrons. The van der Waals surface area contributed by atoms with Gasteiger partial charge in [0.1, 0.15) is 0 Å². The average molecular weight is 212 g/mol. The number of nitrogens with one attached hydrogen (secondary N) is 1. The van der Waals surface area contributed by atoms with Crippen LogP contribution in [0.25, 0.3) is 0 Å². The van der Waals surface area contributed by atoms with Gasteiger partial charge in [-0.1, -0.05) is 44.9 Å². The van der Waals surface area contributed by atoms with Crippen LogP contribution < -0.4 is 11.1 Å². The highest BCUT2D eigenvalue weighted by Gasteiger charge is 2.10. The van der Waals surface area contributed by atoms with Gasteiger partial charge in [0.05, 0.1) is 0 Å². The standard InChI is InChI=1S/C13H28N2/c14-10-12-15-11-6-9-13-7-4-2-1-3-5-8-13/h13,15H,1-12,14H2. The van der Waals surface area contributed by atoms with Crippen molar-refractivity contribution in [2.45, 2.75) is 57.8 Å². The SMILES string of the molecule is NCCNCCCC1CCCCCCC1. The molecule has 2 heteroatoms. The Balaban J connectivity index is 1.97. The minimum atomic E-state index is 0.767. The highest BCUT2D eigenvalue weighted by molar-refractivity contribution is 4.64. The van der Waals surface area contributed by atoms with E-state index in [4.69, 9.17) is 5.73 Å². The molecule has 0 aromatic carbocycles. The Hall–Kier alpha value is -0.0800. The van der Waals surface area contributed by atoms with Crippen LogP contribution in [0.4, 0.5) is 0 Å². The van der Waals surface area contributed by atoms with Crippen molar-refractivity contribution in [3.8, 4) is 0 Å². The molecule has 0 aromatic rings. The summed E-state index contributed by atoms with van der Waals surface area (Å²) in [5.74, 6) is 1.02. The summed E-state index contributed by atoms with van der Waals surface area (Å²) in [5, 5.41) is 3.38. The second-order valence-corrected chi connectivity index (χ2v) is 4.89. The third kappa shape index (κ3) is 6.91. The van der Waals surface area contributed by atoms with E-state index in [0.29, 0.717) is 0 Å². The van der Waals surface area contributed by atoms with E-state index in [9.17, 15) is 0 Å². The lowest BCUT2D eigenvalue weighted by Crippen LogP contribution is -2.23. The van der Waals surface area contributed by atoms with Crippen LogP contribution in [0.1, 0.15) is 57.8 Å². The van der Waals surface area contributed by atoms with Gasteiger partial charge in [-0.2, -0.15) is 0 Å². The van der Waals surface area contributed by atoms with E-state index in [-0.39, 0.29) is 0 Å². The van der Waals surface area contributed by atoms with Crippen molar-refractivity contribution in [3.05, 3.63) is 0 Å². The molecule has 0 bridgehead atoms. The van der Waals surface area contributed by atoms with E-state index < -0.39 is 0 Å². The summed E-state index contributed by atoms with van der Waals surface area (Å²) < 4.78 is 0. The Morgan fingerprint density at radius 2 is 1.60 bits per heavy atom. The number of hydrogen-bond donors (Lipinski definition) is 2. The van der Waals surface area contributed by atoms with Crippen LogP contribution in [0, 0.1) is 5.92 Å². The summed E-state index contributed by atoms with van der Waals surface area (Å²) in [6.07, 6.45) is 13.1. The molecule has 1 aliphatic carbocycles. The monoisotopic (exact) mass is 212 g/mol. The van der Waals surface area contributed by atoms with Crippen molar-refractivity contribution in [1.82, 2.24) is 5.32 Å². The maximum Gasteiger partial charge on any atom is 0.00745 e. The fourth-order valence-electron chi connectivity index (χ4n) is 2.57. The van der Waals surface area contributed by atoms with E-state index >= 15 is 0 Å². The van der Waals surface area contributed by atoms with Gasteiger partial charge >= 0.3 is 0 Å². The molecule has 0 aliphatic heterocycles. The lowest BCUT2D eigenvalue weighted by molar-refractivity contribution is 0.350. The topological polar surface area (TPSA) is 38.0 Å². The van der Waals surface area contributed by atoms with Crippen molar-refractivity contribution in [2.24, 2.45) is 11.7 Å². The second kappa shape index (κ2) is 9.17. The summed E-state index contributed by atoms with van der Waals surface area (Å²) >= 11 is 0. The molecule has 1 rings (SSSR count). The van der Waals surface area contributed by atoms with E-state index in [2.05, 4.69) is 5.32 Å². The molecule has 0 heterocycles. The maximum atomic E-state index is 5.43. The van der Waals surface area contributed by atoms with Crippen LogP contribution in [0.5, 0.6) is 0 Å². The fraction of sp³-hybridized carbons (Fsp3) is 1.00. The normalized spacial score (nSPS) is 19.8. The average Bonchev–Trinajstić information content (AvgIpc) is 2.20. The highest BCUT2D eigenvalue weighted by Crippen LogP contribution is 2.25. The predicted octanol–water partition coefficient (Wildman–Crippen LogP) is 2.68. The van der Waals surface area contributed by atoms with E-state index in [1.54, 1.807) is 0 Å². The molecule has 0 atom stereocenters. The van der Waals surface area contributed by atoms with Gasteiger partial charge in [-0.25, -0.2) is 0 Å². The zero-order chi connectivity index (χ0) is 10.8. The first-order valence-corrected chi connectivity index (χ1v) is 6.84. The lowest BCUT2D eigenvalue weighted by Gasteiger charge is -2.19. The molecule has 2 nitrogen and oxygen atoms in total. The number of hydrogen-bond acceptors (Lipinski definition) is 2. The fourth-order valence-corrected chi connectivity index (χ4v) is 2.57. The molecule has 1 fully saturated rings. The predicted molar refractivity (Wildman–Crippen MR) is 67.0 cm³/mol. The molecule has 3 N–H and O–H groups in total. The van der Waals surface area contributed by atoms with Crippen molar-refractivity contribution in [1.29, 1.82) is 0 Å². The molecule has 0 radical (unpaired) electrons. The van der Waals surface area contributed by atoms with Crippen LogP contribution in [0.2, 0.25) is 0 Å². The molecular weight excluding hydrogens is 184 g/mol. The summed E-state index contributed by atoms with van der Waals surface area (Å²) in [7, 11) is 0. The van der Waals surface area contributed by atoms with Crippen LogP contribution in [0.3, 0.4) is 0 Å². The zero-order valence-electron chi connectivity index (χ0n) is 10.1. The number of rotatable bonds is 6. The molecule has 1 saturated carbocycles. The summed E-state index contributed by atoms with van der Waals surface area (Å²) in [4.78, 5) is 0. The molecule has 0 unspecified atom stereocenters. The lowest BCUT2D eigenvalue weighted by atomic mass is 9.88. The van der Waals surface area contributed by atoms with Crippen molar-refractivity contribution >= 4 is 0 Å². The van der Waals surface area contributed by atoms with Gasteiger partial charge in [-0.05, 0) is 25.3 Å². The minimum absolute atomic E-state index is 0.767. The Bertz CT molecular complexity index is 128. The number of nitrogens with two attached hydrogens (primary N) is 1. The Morgan fingerprint density at radius 3 is 2.27 bits per heavy atom. The largest absolute Gasteiger partial charge is 0.329 e. The van der Waals surface area contributed by atoms with Gasteiger partial charge in [-0.3, -0.25) is 0 Å². The minimum Gasteiger partial charge on any atom is -0.329 e. The zero-order valence-corrected chi connectivity index (χ0v) is 10.1. The molecular formula is C13H28N2. The molecule has 0 saturated heterocycles. The molecule has 0 spiro atoms. The van der Waals surface area contributed by atoms with E-state index in [1.807, 2.05) is 0 Å². The Kier molecular flexibility index (Phi) is 7.94. The van der Waals surface area contributed by atoms with Crippen LogP contribution in [-0.4, -0.2) is 19.6 Å². The van der Waals surface area contributed by atoms with Crippen LogP contribution in [0.15, 0.2) is 0 Å². The third-order valence-corrected chi connectivity index (χ3v) is 3.51. The second-order valence-electron chi connectivity index (χ2n) is 4.89. The Labute approximate surface area is 95.0 Å². The first kappa shape index (κ1) is 13.0. The third-order valence-electron chi connectivity index (χ3n) is 3.51. The van der Waals surface area contributed by atoms with Gasteiger partial charge in [0.15, 0.2) is 0 Å². The van der Waals surface area contributed by atoms with E-state index in [0.717, 1.165) is 25.6 Å². The van der Waals surface area contributed by atoms with E-state index in [1.165, 1.54) is 57.8 Å². The quantitative estimate of drug-likeness (QED) is 0.664. The molecule has 0 amide bonds. The summed E-state index contributed by atoms with van der Waals surface area (Å²) in [6, 6.07) is 0. The molecule has 0 aromatic heterocycles. The van der Waals surface area contributed by atoms with Crippen molar-refractivity contribution in [2.75, 3.05) is 19.6 Å². The summed E-state index contributed by atoms with van der Waals surface area (Å²) in [6.45, 7) is 2.90. The van der Waals surface area contributed by atoms with Crippen LogP contribution in [-0.2, 0) is 0 Å².